The van der Waals surface area contributed by atoms with E-state index in [1.807, 2.05) is 24.3 Å². The number of hydrogen-bond donors (Lipinski definition) is 0. The fraction of sp³-hybridized carbons (Fsp3) is 0.333. The Kier molecular flexibility index (Phi) is 5.85. The molecule has 2 aromatic carbocycles. The molecule has 0 aromatic heterocycles. The highest BCUT2D eigenvalue weighted by molar-refractivity contribution is 6.33. The molecule has 29 heavy (non-hydrogen) atoms. The van der Waals surface area contributed by atoms with Crippen LogP contribution in [0.15, 0.2) is 29.3 Å². The summed E-state index contributed by atoms with van der Waals surface area (Å²) >= 11 is 0. The van der Waals surface area contributed by atoms with Gasteiger partial charge in [-0.15, -0.1) is 0 Å². The number of halogens is 4. The molecule has 3 aliphatic heterocycles. The highest BCUT2D eigenvalue weighted by atomic mass is 19.4. The van der Waals surface area contributed by atoms with Gasteiger partial charge in [0, 0.05) is 25.2 Å². The lowest BCUT2D eigenvalue weighted by atomic mass is 10.1. The summed E-state index contributed by atoms with van der Waals surface area (Å²) < 4.78 is 48.8. The van der Waals surface area contributed by atoms with E-state index in [4.69, 9.17) is 19.2 Å². The van der Waals surface area contributed by atoms with E-state index >= 15 is 0 Å². The van der Waals surface area contributed by atoms with Crippen LogP contribution in [0.3, 0.4) is 0 Å². The summed E-state index contributed by atoms with van der Waals surface area (Å²) in [6.07, 6.45) is 0. The minimum Gasteiger partial charge on any atom is -1.00 e. The van der Waals surface area contributed by atoms with Crippen molar-refractivity contribution in [3.63, 3.8) is 0 Å². The van der Waals surface area contributed by atoms with Crippen LogP contribution in [0.25, 0.3) is 0 Å². The van der Waals surface area contributed by atoms with Gasteiger partial charge >= 0.3 is 7.54 Å². The smallest absolute Gasteiger partial charge is 0.762 e. The van der Waals surface area contributed by atoms with Gasteiger partial charge in [0.25, 0.3) is 0 Å². The zero-order valence-corrected chi connectivity index (χ0v) is 15.8. The highest BCUT2D eigenvalue weighted by Gasteiger charge is 2.24. The number of ether oxygens (including phenoxy) is 3. The molecule has 0 amide bonds. The Labute approximate surface area is 164 Å². The number of rotatable bonds is 0. The summed E-state index contributed by atoms with van der Waals surface area (Å²) in [7, 11) is 0.453. The molecule has 0 spiro atoms. The Hall–Kier alpha value is -2.98. The SMILES string of the molecule is CN1CCOc2cc3c(cc21)Oc1cc2c(cc1=N3)OCC[N+]=2C.FB(F)F.[F-]. The topological polar surface area (TPSA) is 46.3 Å². The molecule has 5 rings (SSSR count). The quantitative estimate of drug-likeness (QED) is 0.270. The number of benzene rings is 2. The average Bonchev–Trinajstić information content (AvgIpc) is 2.64. The fourth-order valence-corrected chi connectivity index (χ4v) is 3.32. The van der Waals surface area contributed by atoms with Gasteiger partial charge in [-0.1, -0.05) is 0 Å². The van der Waals surface area contributed by atoms with Gasteiger partial charge in [-0.25, -0.2) is 9.57 Å². The predicted octanol–water partition coefficient (Wildman–Crippen LogP) is -1.03. The number of anilines is 1. The highest BCUT2D eigenvalue weighted by Crippen LogP contribution is 2.43. The molecule has 0 aliphatic carbocycles. The lowest BCUT2D eigenvalue weighted by molar-refractivity contribution is -0.00000984. The van der Waals surface area contributed by atoms with Crippen LogP contribution in [0.1, 0.15) is 0 Å². The number of likely N-dealkylation sites (N-methyl/N-ethyl adjacent to an activating group) is 2. The molecule has 0 unspecified atom stereocenters. The normalized spacial score (nSPS) is 15.2. The summed E-state index contributed by atoms with van der Waals surface area (Å²) in [5.74, 6) is 3.23. The second-order valence-corrected chi connectivity index (χ2v) is 6.58. The van der Waals surface area contributed by atoms with E-state index in [1.54, 1.807) is 0 Å². The van der Waals surface area contributed by atoms with E-state index in [9.17, 15) is 12.9 Å². The molecular weight excluding hydrogens is 393 g/mol. The molecule has 3 aliphatic rings. The Bertz CT molecular complexity index is 1050. The number of hydrogen-bond acceptors (Lipinski definition) is 5. The van der Waals surface area contributed by atoms with Crippen LogP contribution in [0.2, 0.25) is 0 Å². The van der Waals surface area contributed by atoms with Gasteiger partial charge < -0.3 is 23.8 Å². The summed E-state index contributed by atoms with van der Waals surface area (Å²) in [4.78, 5) is 6.93. The van der Waals surface area contributed by atoms with Crippen LogP contribution in [-0.4, -0.2) is 47.9 Å². The number of nitrogens with zero attached hydrogens (tertiary/aromatic N) is 3. The Morgan fingerprint density at radius 2 is 1.72 bits per heavy atom. The zero-order chi connectivity index (χ0) is 19.8. The standard InChI is InChI=1S/C18H18N3O3.BF3.FH/c1-20-3-5-22-17-7-11-15(9-13(17)20)24-16-10-14-18(8-12(16)19-11)23-6-4-21(14)2;2-1(3)4;/h7-10H,3-6H2,1-2H3;;1H/q+1;;/p-1. The van der Waals surface area contributed by atoms with Crippen molar-refractivity contribution in [3.8, 4) is 23.0 Å². The molecule has 3 heterocycles. The molecule has 0 saturated heterocycles. The van der Waals surface area contributed by atoms with E-state index in [0.717, 1.165) is 58.2 Å². The van der Waals surface area contributed by atoms with Gasteiger partial charge in [0.2, 0.25) is 5.36 Å². The zero-order valence-electron chi connectivity index (χ0n) is 15.8. The van der Waals surface area contributed by atoms with Gasteiger partial charge in [-0.05, 0) is 0 Å². The van der Waals surface area contributed by atoms with E-state index in [-0.39, 0.29) is 4.70 Å². The molecular formula is C18H18BF4N3O3. The molecule has 0 fully saturated rings. The Balaban J connectivity index is 0.000000443. The monoisotopic (exact) mass is 411 g/mol. The maximum absolute atomic E-state index is 9.67. The van der Waals surface area contributed by atoms with Gasteiger partial charge in [-0.2, -0.15) is 0 Å². The number of fused-ring (bicyclic) bond motifs is 4. The lowest BCUT2D eigenvalue weighted by Crippen LogP contribution is -3.00. The van der Waals surface area contributed by atoms with Crippen LogP contribution >= 0.6 is 0 Å². The van der Waals surface area contributed by atoms with Crippen LogP contribution in [0.5, 0.6) is 23.0 Å². The van der Waals surface area contributed by atoms with Gasteiger partial charge in [-0.3, -0.25) is 12.9 Å². The largest absolute Gasteiger partial charge is 1.00 e. The molecule has 11 heteroatoms. The van der Waals surface area contributed by atoms with Crippen LogP contribution < -0.4 is 39.1 Å². The van der Waals surface area contributed by atoms with Crippen molar-refractivity contribution in [2.45, 2.75) is 0 Å². The third-order valence-corrected chi connectivity index (χ3v) is 4.73. The average molecular weight is 411 g/mol. The molecule has 0 radical (unpaired) electrons. The second-order valence-electron chi connectivity index (χ2n) is 6.58. The molecule has 0 N–H and O–H groups in total. The summed E-state index contributed by atoms with van der Waals surface area (Å²) in [6, 6.07) is 7.93. The first-order valence-electron chi connectivity index (χ1n) is 8.78. The summed E-state index contributed by atoms with van der Waals surface area (Å²) in [5.41, 5.74) is 1.83. The van der Waals surface area contributed by atoms with Crippen molar-refractivity contribution in [2.75, 3.05) is 45.3 Å². The van der Waals surface area contributed by atoms with E-state index < -0.39 is 7.54 Å². The third kappa shape index (κ3) is 4.08. The van der Waals surface area contributed by atoms with Crippen molar-refractivity contribution < 1.29 is 31.9 Å². The van der Waals surface area contributed by atoms with Crippen molar-refractivity contribution >= 4 is 18.9 Å². The first-order valence-corrected chi connectivity index (χ1v) is 8.78. The van der Waals surface area contributed by atoms with Crippen molar-refractivity contribution in [3.05, 3.63) is 35.0 Å². The lowest BCUT2D eigenvalue weighted by Gasteiger charge is -2.29. The Morgan fingerprint density at radius 3 is 2.48 bits per heavy atom. The molecule has 154 valence electrons. The predicted molar refractivity (Wildman–Crippen MR) is 98.8 cm³/mol. The minimum absolute atomic E-state index is 0. The fourth-order valence-electron chi connectivity index (χ4n) is 3.32. The molecule has 6 nitrogen and oxygen atoms in total. The van der Waals surface area contributed by atoms with E-state index in [0.29, 0.717) is 13.2 Å². The molecule has 0 bridgehead atoms. The second kappa shape index (κ2) is 8.18. The van der Waals surface area contributed by atoms with E-state index in [2.05, 4.69) is 23.6 Å². The molecule has 0 atom stereocenters. The third-order valence-electron chi connectivity index (χ3n) is 4.73. The van der Waals surface area contributed by atoms with E-state index in [1.165, 1.54) is 0 Å². The molecule has 2 aromatic rings. The first kappa shape index (κ1) is 20.8. The minimum atomic E-state index is -3.67. The van der Waals surface area contributed by atoms with Gasteiger partial charge in [0.1, 0.15) is 37.1 Å². The van der Waals surface area contributed by atoms with Gasteiger partial charge in [0.05, 0.1) is 18.3 Å². The maximum Gasteiger partial charge on any atom is 0.762 e. The first-order chi connectivity index (χ1) is 13.4. The van der Waals surface area contributed by atoms with Crippen molar-refractivity contribution in [2.24, 2.45) is 4.99 Å². The van der Waals surface area contributed by atoms with Crippen LogP contribution in [0.4, 0.5) is 24.3 Å². The molecule has 0 saturated carbocycles. The van der Waals surface area contributed by atoms with Gasteiger partial charge in [0.15, 0.2) is 23.8 Å². The van der Waals surface area contributed by atoms with Crippen LogP contribution in [-0.2, 0) is 0 Å². The van der Waals surface area contributed by atoms with Crippen LogP contribution in [0, 0.1) is 0 Å². The summed E-state index contributed by atoms with van der Waals surface area (Å²) in [6.45, 7) is 3.12. The summed E-state index contributed by atoms with van der Waals surface area (Å²) in [5, 5.41) is 1.83. The Morgan fingerprint density at radius 1 is 1.00 bits per heavy atom. The maximum atomic E-state index is 9.67. The van der Waals surface area contributed by atoms with Crippen molar-refractivity contribution in [1.29, 1.82) is 0 Å². The van der Waals surface area contributed by atoms with Crippen molar-refractivity contribution in [1.82, 2.24) is 4.58 Å².